The third kappa shape index (κ3) is 3.76. The predicted octanol–water partition coefficient (Wildman–Crippen LogP) is 0.811. The van der Waals surface area contributed by atoms with Crippen molar-refractivity contribution in [2.75, 3.05) is 39.5 Å². The summed E-state index contributed by atoms with van der Waals surface area (Å²) in [6.07, 6.45) is 2.30. The van der Waals surface area contributed by atoms with Gasteiger partial charge in [0.25, 0.3) is 0 Å². The number of fused-ring (bicyclic) bond motifs is 1. The predicted molar refractivity (Wildman–Crippen MR) is 85.4 cm³/mol. The molecule has 0 radical (unpaired) electrons. The van der Waals surface area contributed by atoms with Gasteiger partial charge >= 0.3 is 0 Å². The molecule has 124 valence electrons. The molecule has 2 fully saturated rings. The quantitative estimate of drug-likeness (QED) is 0.871. The minimum absolute atomic E-state index is 0.178. The Labute approximate surface area is 136 Å². The highest BCUT2D eigenvalue weighted by atomic mass is 16.7. The summed E-state index contributed by atoms with van der Waals surface area (Å²) in [5.41, 5.74) is 1.24. The van der Waals surface area contributed by atoms with Gasteiger partial charge in [-0.1, -0.05) is 6.07 Å². The lowest BCUT2D eigenvalue weighted by Gasteiger charge is -2.34. The Morgan fingerprint density at radius 1 is 1.09 bits per heavy atom. The fourth-order valence-electron chi connectivity index (χ4n) is 3.11. The van der Waals surface area contributed by atoms with E-state index in [2.05, 4.69) is 27.2 Å². The van der Waals surface area contributed by atoms with Gasteiger partial charge in [-0.3, -0.25) is 14.6 Å². The number of ether oxygens (including phenoxy) is 2. The molecule has 1 N–H and O–H groups in total. The first-order valence-electron chi connectivity index (χ1n) is 8.39. The summed E-state index contributed by atoms with van der Waals surface area (Å²) in [4.78, 5) is 16.5. The first-order valence-corrected chi connectivity index (χ1v) is 8.39. The zero-order valence-corrected chi connectivity index (χ0v) is 13.3. The van der Waals surface area contributed by atoms with Crippen LogP contribution in [0.2, 0.25) is 0 Å². The monoisotopic (exact) mass is 317 g/mol. The van der Waals surface area contributed by atoms with E-state index in [-0.39, 0.29) is 5.91 Å². The van der Waals surface area contributed by atoms with E-state index < -0.39 is 0 Å². The van der Waals surface area contributed by atoms with Crippen LogP contribution in [-0.4, -0.2) is 61.3 Å². The van der Waals surface area contributed by atoms with Crippen molar-refractivity contribution in [3.8, 4) is 11.5 Å². The van der Waals surface area contributed by atoms with E-state index in [4.69, 9.17) is 9.47 Å². The number of hydrogen-bond donors (Lipinski definition) is 1. The molecule has 6 nitrogen and oxygen atoms in total. The molecule has 0 spiro atoms. The van der Waals surface area contributed by atoms with Gasteiger partial charge in [0, 0.05) is 38.8 Å². The molecule has 1 saturated heterocycles. The second kappa shape index (κ2) is 6.37. The smallest absolute Gasteiger partial charge is 0.234 e. The van der Waals surface area contributed by atoms with Gasteiger partial charge in [-0.05, 0) is 30.5 Å². The lowest BCUT2D eigenvalue weighted by molar-refractivity contribution is -0.122. The minimum atomic E-state index is 0.178. The first kappa shape index (κ1) is 14.8. The Kier molecular flexibility index (Phi) is 4.10. The van der Waals surface area contributed by atoms with Crippen molar-refractivity contribution >= 4 is 5.91 Å². The lowest BCUT2D eigenvalue weighted by Crippen LogP contribution is -2.49. The number of carbonyl (C=O) groups excluding carboxylic acids is 1. The van der Waals surface area contributed by atoms with Crippen LogP contribution in [0.5, 0.6) is 11.5 Å². The molecule has 0 unspecified atom stereocenters. The molecule has 1 saturated carbocycles. The Bertz CT molecular complexity index is 580. The molecule has 3 aliphatic rings. The molecule has 2 aliphatic heterocycles. The van der Waals surface area contributed by atoms with Gasteiger partial charge in [0.15, 0.2) is 11.5 Å². The molecule has 1 amide bonds. The summed E-state index contributed by atoms with van der Waals surface area (Å²) in [5, 5.41) is 3.06. The van der Waals surface area contributed by atoms with E-state index in [1.54, 1.807) is 0 Å². The normalized spacial score (nSPS) is 21.4. The zero-order chi connectivity index (χ0) is 15.6. The second-order valence-corrected chi connectivity index (χ2v) is 6.58. The van der Waals surface area contributed by atoms with Crippen molar-refractivity contribution in [1.29, 1.82) is 0 Å². The summed E-state index contributed by atoms with van der Waals surface area (Å²) in [7, 11) is 0. The number of nitrogens with one attached hydrogen (secondary N) is 1. The number of amides is 1. The van der Waals surface area contributed by atoms with E-state index in [9.17, 15) is 4.79 Å². The van der Waals surface area contributed by atoms with Crippen molar-refractivity contribution in [3.63, 3.8) is 0 Å². The van der Waals surface area contributed by atoms with Crippen molar-refractivity contribution in [2.24, 2.45) is 0 Å². The number of piperazine rings is 1. The van der Waals surface area contributed by atoms with Crippen LogP contribution in [-0.2, 0) is 11.3 Å². The highest BCUT2D eigenvalue weighted by Gasteiger charge is 2.25. The summed E-state index contributed by atoms with van der Waals surface area (Å²) in [6.45, 7) is 5.65. The van der Waals surface area contributed by atoms with E-state index in [0.29, 0.717) is 19.4 Å². The van der Waals surface area contributed by atoms with Gasteiger partial charge in [-0.25, -0.2) is 0 Å². The number of carbonyl (C=O) groups is 1. The summed E-state index contributed by atoms with van der Waals surface area (Å²) < 4.78 is 10.8. The van der Waals surface area contributed by atoms with E-state index in [0.717, 1.165) is 57.1 Å². The topological polar surface area (TPSA) is 54.0 Å². The van der Waals surface area contributed by atoms with Crippen LogP contribution < -0.4 is 14.8 Å². The van der Waals surface area contributed by atoms with Gasteiger partial charge in [-0.15, -0.1) is 0 Å². The number of rotatable bonds is 5. The van der Waals surface area contributed by atoms with Crippen LogP contribution in [0.25, 0.3) is 0 Å². The molecule has 0 aromatic heterocycles. The average Bonchev–Trinajstić information content (AvgIpc) is 3.23. The number of hydrogen-bond acceptors (Lipinski definition) is 5. The highest BCUT2D eigenvalue weighted by Crippen LogP contribution is 2.32. The Hall–Kier alpha value is -1.79. The lowest BCUT2D eigenvalue weighted by atomic mass is 10.1. The van der Waals surface area contributed by atoms with Crippen molar-refractivity contribution in [1.82, 2.24) is 15.1 Å². The van der Waals surface area contributed by atoms with Crippen molar-refractivity contribution in [3.05, 3.63) is 23.8 Å². The van der Waals surface area contributed by atoms with Gasteiger partial charge in [0.1, 0.15) is 0 Å². The maximum absolute atomic E-state index is 11.9. The average molecular weight is 317 g/mol. The van der Waals surface area contributed by atoms with Crippen LogP contribution in [0.4, 0.5) is 0 Å². The van der Waals surface area contributed by atoms with Crippen molar-refractivity contribution in [2.45, 2.75) is 25.4 Å². The molecule has 1 aromatic rings. The summed E-state index contributed by atoms with van der Waals surface area (Å²) >= 11 is 0. The van der Waals surface area contributed by atoms with E-state index in [1.165, 1.54) is 5.56 Å². The standard InChI is InChI=1S/C17H23N3O3/c21-17(18-14-2-3-14)11-20-7-5-19(6-8-20)10-13-1-4-15-16(9-13)23-12-22-15/h1,4,9,14H,2-3,5-8,10-12H2,(H,18,21). The molecule has 0 bridgehead atoms. The van der Waals surface area contributed by atoms with Crippen LogP contribution in [0.1, 0.15) is 18.4 Å². The first-order chi connectivity index (χ1) is 11.3. The van der Waals surface area contributed by atoms with Gasteiger partial charge in [0.05, 0.1) is 6.54 Å². The molecule has 1 aliphatic carbocycles. The Morgan fingerprint density at radius 3 is 2.61 bits per heavy atom. The highest BCUT2D eigenvalue weighted by molar-refractivity contribution is 5.78. The van der Waals surface area contributed by atoms with Gasteiger partial charge in [0.2, 0.25) is 12.7 Å². The van der Waals surface area contributed by atoms with Gasteiger partial charge < -0.3 is 14.8 Å². The molecule has 1 aromatic carbocycles. The molecule has 4 rings (SSSR count). The molecule has 23 heavy (non-hydrogen) atoms. The summed E-state index contributed by atoms with van der Waals surface area (Å²) in [6, 6.07) is 6.60. The maximum Gasteiger partial charge on any atom is 0.234 e. The molecular weight excluding hydrogens is 294 g/mol. The number of benzene rings is 1. The fourth-order valence-corrected chi connectivity index (χ4v) is 3.11. The Balaban J connectivity index is 1.24. The minimum Gasteiger partial charge on any atom is -0.454 e. The zero-order valence-electron chi connectivity index (χ0n) is 13.3. The van der Waals surface area contributed by atoms with Crippen LogP contribution in [0.15, 0.2) is 18.2 Å². The third-order valence-corrected chi connectivity index (χ3v) is 4.62. The largest absolute Gasteiger partial charge is 0.454 e. The van der Waals surface area contributed by atoms with Crippen molar-refractivity contribution < 1.29 is 14.3 Å². The number of nitrogens with zero attached hydrogens (tertiary/aromatic N) is 2. The Morgan fingerprint density at radius 2 is 1.83 bits per heavy atom. The molecule has 0 atom stereocenters. The second-order valence-electron chi connectivity index (χ2n) is 6.58. The van der Waals surface area contributed by atoms with E-state index >= 15 is 0 Å². The molecule has 2 heterocycles. The SMILES string of the molecule is O=C(CN1CCN(Cc2ccc3c(c2)OCO3)CC1)NC1CC1. The van der Waals surface area contributed by atoms with Crippen LogP contribution >= 0.6 is 0 Å². The van der Waals surface area contributed by atoms with Gasteiger partial charge in [-0.2, -0.15) is 0 Å². The summed E-state index contributed by atoms with van der Waals surface area (Å²) in [5.74, 6) is 1.86. The molecular formula is C17H23N3O3. The van der Waals surface area contributed by atoms with Crippen LogP contribution in [0.3, 0.4) is 0 Å². The van der Waals surface area contributed by atoms with Crippen LogP contribution in [0, 0.1) is 0 Å². The molecule has 6 heteroatoms. The maximum atomic E-state index is 11.9. The fraction of sp³-hybridized carbons (Fsp3) is 0.588. The third-order valence-electron chi connectivity index (χ3n) is 4.62. The van der Waals surface area contributed by atoms with E-state index in [1.807, 2.05) is 6.07 Å².